The van der Waals surface area contributed by atoms with Crippen LogP contribution in [0.5, 0.6) is 11.5 Å². The first-order valence-corrected chi connectivity index (χ1v) is 10.1. The summed E-state index contributed by atoms with van der Waals surface area (Å²) in [6.45, 7) is -2.16. The van der Waals surface area contributed by atoms with E-state index in [2.05, 4.69) is 4.74 Å². The first-order chi connectivity index (χ1) is 14.8. The van der Waals surface area contributed by atoms with Gasteiger partial charge in [-0.15, -0.1) is 0 Å². The lowest BCUT2D eigenvalue weighted by Gasteiger charge is -2.28. The summed E-state index contributed by atoms with van der Waals surface area (Å²) in [7, 11) is 3.12. The van der Waals surface area contributed by atoms with E-state index in [9.17, 15) is 18.4 Å². The average molecular weight is 453 g/mol. The molecule has 31 heavy (non-hydrogen) atoms. The molecule has 1 atom stereocenters. The molecule has 1 unspecified atom stereocenters. The van der Waals surface area contributed by atoms with E-state index in [0.717, 1.165) is 5.56 Å². The Kier molecular flexibility index (Phi) is 7.33. The second kappa shape index (κ2) is 9.96. The summed E-state index contributed by atoms with van der Waals surface area (Å²) < 4.78 is 34.2. The highest BCUT2D eigenvalue weighted by molar-refractivity contribution is 6.31. The Bertz CT molecular complexity index is 940. The zero-order chi connectivity index (χ0) is 22.5. The van der Waals surface area contributed by atoms with Crippen LogP contribution >= 0.6 is 11.6 Å². The fraction of sp³-hybridized carbons (Fsp3) is 0.364. The van der Waals surface area contributed by atoms with Gasteiger partial charge < -0.3 is 19.3 Å². The van der Waals surface area contributed by atoms with E-state index in [1.54, 1.807) is 36.2 Å². The summed E-state index contributed by atoms with van der Waals surface area (Å²) in [5.74, 6) is -0.0559. The molecule has 2 aromatic carbocycles. The van der Waals surface area contributed by atoms with Crippen molar-refractivity contribution in [3.8, 4) is 11.5 Å². The Labute approximate surface area is 184 Å². The van der Waals surface area contributed by atoms with Crippen LogP contribution in [0.25, 0.3) is 0 Å². The molecule has 1 aliphatic rings. The summed E-state index contributed by atoms with van der Waals surface area (Å²) in [5, 5.41) is 0.405. The number of ether oxygens (including phenoxy) is 2. The minimum Gasteiger partial charge on any atom is -0.496 e. The molecule has 0 N–H and O–H groups in total. The lowest BCUT2D eigenvalue weighted by molar-refractivity contribution is -0.134. The van der Waals surface area contributed by atoms with Crippen LogP contribution in [0.15, 0.2) is 42.5 Å². The highest BCUT2D eigenvalue weighted by atomic mass is 35.5. The number of halogens is 3. The van der Waals surface area contributed by atoms with Gasteiger partial charge in [-0.2, -0.15) is 8.78 Å². The Hall–Kier alpha value is -2.87. The number of alkyl halides is 2. The van der Waals surface area contributed by atoms with Gasteiger partial charge in [0, 0.05) is 25.2 Å². The van der Waals surface area contributed by atoms with Crippen molar-refractivity contribution < 1.29 is 27.8 Å². The fourth-order valence-corrected chi connectivity index (χ4v) is 3.82. The number of carbonyl (C=O) groups excluding carboxylic acids is 2. The Morgan fingerprint density at radius 1 is 1.23 bits per heavy atom. The minimum atomic E-state index is -2.89. The van der Waals surface area contributed by atoms with Crippen LogP contribution in [-0.2, 0) is 11.3 Å². The number of hydrogen-bond donors (Lipinski definition) is 0. The smallest absolute Gasteiger partial charge is 0.387 e. The van der Waals surface area contributed by atoms with E-state index in [0.29, 0.717) is 35.7 Å². The van der Waals surface area contributed by atoms with Gasteiger partial charge in [0.15, 0.2) is 0 Å². The number of nitrogens with zero attached hydrogens (tertiary/aromatic N) is 2. The van der Waals surface area contributed by atoms with Crippen molar-refractivity contribution in [3.63, 3.8) is 0 Å². The predicted molar refractivity (Wildman–Crippen MR) is 112 cm³/mol. The van der Waals surface area contributed by atoms with Crippen LogP contribution in [0, 0.1) is 0 Å². The number of amides is 2. The number of rotatable bonds is 7. The Morgan fingerprint density at radius 3 is 2.58 bits per heavy atom. The predicted octanol–water partition coefficient (Wildman–Crippen LogP) is 4.21. The van der Waals surface area contributed by atoms with Gasteiger partial charge in [-0.25, -0.2) is 0 Å². The zero-order valence-electron chi connectivity index (χ0n) is 17.2. The van der Waals surface area contributed by atoms with E-state index in [1.165, 1.54) is 30.2 Å². The number of benzene rings is 2. The first-order valence-electron chi connectivity index (χ1n) is 9.73. The van der Waals surface area contributed by atoms with Gasteiger partial charge in [0.2, 0.25) is 5.91 Å². The highest BCUT2D eigenvalue weighted by Gasteiger charge is 2.37. The Balaban J connectivity index is 1.70. The van der Waals surface area contributed by atoms with Crippen LogP contribution in [-0.4, -0.2) is 55.0 Å². The summed E-state index contributed by atoms with van der Waals surface area (Å²) in [5.41, 5.74) is 1.07. The molecular formula is C22H23ClF2N2O4. The molecule has 0 spiro atoms. The van der Waals surface area contributed by atoms with E-state index in [1.807, 2.05) is 0 Å². The zero-order valence-corrected chi connectivity index (χ0v) is 17.9. The second-order valence-corrected chi connectivity index (χ2v) is 7.65. The number of hydrogen-bond acceptors (Lipinski definition) is 4. The topological polar surface area (TPSA) is 59.1 Å². The van der Waals surface area contributed by atoms with Gasteiger partial charge in [-0.3, -0.25) is 9.59 Å². The Morgan fingerprint density at radius 2 is 1.94 bits per heavy atom. The van der Waals surface area contributed by atoms with E-state index < -0.39 is 12.7 Å². The largest absolute Gasteiger partial charge is 0.496 e. The van der Waals surface area contributed by atoms with Crippen molar-refractivity contribution in [1.29, 1.82) is 0 Å². The van der Waals surface area contributed by atoms with Gasteiger partial charge in [0.25, 0.3) is 5.91 Å². The highest BCUT2D eigenvalue weighted by Crippen LogP contribution is 2.28. The lowest BCUT2D eigenvalue weighted by Crippen LogP contribution is -2.46. The third-order valence-corrected chi connectivity index (χ3v) is 5.37. The molecule has 3 rings (SSSR count). The van der Waals surface area contributed by atoms with Crippen LogP contribution in [0.2, 0.25) is 5.02 Å². The summed E-state index contributed by atoms with van der Waals surface area (Å²) in [6, 6.07) is 10.3. The normalized spacial score (nSPS) is 15.8. The summed E-state index contributed by atoms with van der Waals surface area (Å²) in [6.07, 6.45) is 1.26. The van der Waals surface area contributed by atoms with Crippen molar-refractivity contribution in [2.45, 2.75) is 32.0 Å². The third kappa shape index (κ3) is 5.44. The molecule has 9 heteroatoms. The van der Waals surface area contributed by atoms with E-state index >= 15 is 0 Å². The minimum absolute atomic E-state index is 0.0516. The van der Waals surface area contributed by atoms with Crippen molar-refractivity contribution in [1.82, 2.24) is 9.80 Å². The average Bonchev–Trinajstić information content (AvgIpc) is 3.23. The molecular weight excluding hydrogens is 430 g/mol. The molecule has 0 bridgehead atoms. The lowest BCUT2D eigenvalue weighted by atomic mass is 10.1. The molecule has 1 fully saturated rings. The number of likely N-dealkylation sites (tertiary alicyclic amines) is 1. The van der Waals surface area contributed by atoms with E-state index in [4.69, 9.17) is 16.3 Å². The number of likely N-dealkylation sites (N-methyl/N-ethyl adjacent to an activating group) is 1. The molecule has 1 heterocycles. The molecule has 1 aliphatic heterocycles. The van der Waals surface area contributed by atoms with Crippen molar-refractivity contribution in [3.05, 3.63) is 58.6 Å². The van der Waals surface area contributed by atoms with Gasteiger partial charge in [-0.1, -0.05) is 23.7 Å². The molecule has 0 saturated carbocycles. The van der Waals surface area contributed by atoms with Gasteiger partial charge >= 0.3 is 6.61 Å². The van der Waals surface area contributed by atoms with Gasteiger partial charge in [0.1, 0.15) is 17.5 Å². The molecule has 2 aromatic rings. The molecule has 0 aliphatic carbocycles. The van der Waals surface area contributed by atoms with Gasteiger partial charge in [0.05, 0.1) is 12.7 Å². The first kappa shape index (κ1) is 22.8. The molecule has 166 valence electrons. The van der Waals surface area contributed by atoms with Crippen LogP contribution in [0.4, 0.5) is 8.78 Å². The summed E-state index contributed by atoms with van der Waals surface area (Å²) in [4.78, 5) is 29.3. The fourth-order valence-electron chi connectivity index (χ4n) is 3.65. The standard InChI is InChI=1S/C22H23ClF2N2O4/c1-26(13-14-5-8-16(9-6-14)31-22(24)25)21(29)18-4-3-11-27(18)20(28)17-12-15(23)7-10-19(17)30-2/h5-10,12,18,22H,3-4,11,13H2,1-2H3. The van der Waals surface area contributed by atoms with E-state index in [-0.39, 0.29) is 24.1 Å². The SMILES string of the molecule is COc1ccc(Cl)cc1C(=O)N1CCCC1C(=O)N(C)Cc1ccc(OC(F)F)cc1. The molecule has 0 radical (unpaired) electrons. The van der Waals surface area contributed by atoms with Crippen LogP contribution in [0.3, 0.4) is 0 Å². The van der Waals surface area contributed by atoms with Crippen LogP contribution < -0.4 is 9.47 Å². The van der Waals surface area contributed by atoms with Crippen LogP contribution in [0.1, 0.15) is 28.8 Å². The second-order valence-electron chi connectivity index (χ2n) is 7.22. The van der Waals surface area contributed by atoms with Crippen molar-refractivity contribution in [2.75, 3.05) is 20.7 Å². The number of methoxy groups -OCH3 is 1. The maximum absolute atomic E-state index is 13.1. The molecule has 1 saturated heterocycles. The van der Waals surface area contributed by atoms with Crippen molar-refractivity contribution in [2.24, 2.45) is 0 Å². The third-order valence-electron chi connectivity index (χ3n) is 5.14. The quantitative estimate of drug-likeness (QED) is 0.631. The van der Waals surface area contributed by atoms with Crippen molar-refractivity contribution >= 4 is 23.4 Å². The molecule has 0 aromatic heterocycles. The molecule has 6 nitrogen and oxygen atoms in total. The van der Waals surface area contributed by atoms with Gasteiger partial charge in [-0.05, 0) is 48.7 Å². The number of carbonyl (C=O) groups is 2. The monoisotopic (exact) mass is 452 g/mol. The summed E-state index contributed by atoms with van der Waals surface area (Å²) >= 11 is 6.05. The molecule has 2 amide bonds. The maximum atomic E-state index is 13.1. The maximum Gasteiger partial charge on any atom is 0.387 e.